The number of anilines is 2. The van der Waals surface area contributed by atoms with Crippen molar-refractivity contribution in [2.24, 2.45) is 0 Å². The van der Waals surface area contributed by atoms with Crippen LogP contribution in [0, 0.1) is 11.3 Å². The van der Waals surface area contributed by atoms with Crippen LogP contribution in [0.5, 0.6) is 0 Å². The number of likely N-dealkylation sites (tertiary alicyclic amines) is 2. The van der Waals surface area contributed by atoms with Crippen LogP contribution in [-0.2, 0) is 9.59 Å². The molecule has 1 aromatic carbocycles. The molecule has 0 saturated carbocycles. The topological polar surface area (TPSA) is 70.9 Å². The molecule has 7 nitrogen and oxygen atoms in total. The first-order valence-corrected chi connectivity index (χ1v) is 11.3. The van der Waals surface area contributed by atoms with E-state index in [0.717, 1.165) is 50.4 Å². The van der Waals surface area contributed by atoms with Crippen LogP contribution in [0.25, 0.3) is 0 Å². The molecule has 0 N–H and O–H groups in total. The highest BCUT2D eigenvalue weighted by atomic mass is 16.2. The van der Waals surface area contributed by atoms with Crippen molar-refractivity contribution >= 4 is 23.1 Å². The van der Waals surface area contributed by atoms with Crippen LogP contribution in [0.1, 0.15) is 38.5 Å². The van der Waals surface area contributed by atoms with E-state index in [9.17, 15) is 14.9 Å². The Morgan fingerprint density at radius 3 is 2.26 bits per heavy atom. The standard InChI is InChI=1S/C24H31N5O2/c1-26-20-9-3-4-10-21(20)27(2)24(26)19(16-25)22(30)11-12-23(31)29-15-7-8-18(29)17-28-13-5-6-14-28/h3-4,9-10,18H,5-8,11-15,17H2,1-2H3. The second-order valence-electron chi connectivity index (χ2n) is 8.73. The van der Waals surface area contributed by atoms with Crippen molar-refractivity contribution in [1.29, 1.82) is 5.26 Å². The number of hydrogen-bond acceptors (Lipinski definition) is 6. The summed E-state index contributed by atoms with van der Waals surface area (Å²) in [5.41, 5.74) is 2.03. The van der Waals surface area contributed by atoms with Gasteiger partial charge in [0.15, 0.2) is 5.78 Å². The number of fused-ring (bicyclic) bond motifs is 1. The minimum atomic E-state index is -0.271. The van der Waals surface area contributed by atoms with Crippen molar-refractivity contribution in [2.75, 3.05) is 50.1 Å². The summed E-state index contributed by atoms with van der Waals surface area (Å²) in [6, 6.07) is 10.2. The van der Waals surface area contributed by atoms with E-state index in [2.05, 4.69) is 11.0 Å². The minimum absolute atomic E-state index is 0.0359. The van der Waals surface area contributed by atoms with Crippen molar-refractivity contribution < 1.29 is 9.59 Å². The number of nitriles is 1. The van der Waals surface area contributed by atoms with Crippen LogP contribution in [0.3, 0.4) is 0 Å². The van der Waals surface area contributed by atoms with Crippen LogP contribution in [-0.4, -0.2) is 67.8 Å². The third-order valence-electron chi connectivity index (χ3n) is 6.79. The van der Waals surface area contributed by atoms with Gasteiger partial charge in [0.1, 0.15) is 17.5 Å². The fourth-order valence-corrected chi connectivity index (χ4v) is 5.16. The molecule has 164 valence electrons. The molecule has 0 aliphatic carbocycles. The molecule has 4 rings (SSSR count). The maximum atomic E-state index is 13.0. The zero-order valence-electron chi connectivity index (χ0n) is 18.5. The number of benzene rings is 1. The van der Waals surface area contributed by atoms with E-state index in [0.29, 0.717) is 5.82 Å². The smallest absolute Gasteiger partial charge is 0.223 e. The fourth-order valence-electron chi connectivity index (χ4n) is 5.16. The Morgan fingerprint density at radius 2 is 1.65 bits per heavy atom. The summed E-state index contributed by atoms with van der Waals surface area (Å²) >= 11 is 0. The van der Waals surface area contributed by atoms with Gasteiger partial charge in [0.2, 0.25) is 5.91 Å². The molecule has 3 aliphatic rings. The fraction of sp³-hybridized carbons (Fsp3) is 0.542. The monoisotopic (exact) mass is 421 g/mol. The summed E-state index contributed by atoms with van der Waals surface area (Å²) in [6.07, 6.45) is 4.78. The third kappa shape index (κ3) is 4.17. The minimum Gasteiger partial charge on any atom is -0.338 e. The summed E-state index contributed by atoms with van der Waals surface area (Å²) < 4.78 is 0. The zero-order valence-corrected chi connectivity index (χ0v) is 18.5. The van der Waals surface area contributed by atoms with Gasteiger partial charge in [0.25, 0.3) is 0 Å². The van der Waals surface area contributed by atoms with Crippen molar-refractivity contribution in [3.8, 4) is 6.07 Å². The van der Waals surface area contributed by atoms with Gasteiger partial charge in [-0.05, 0) is 50.9 Å². The van der Waals surface area contributed by atoms with E-state index in [1.165, 1.54) is 12.8 Å². The first-order valence-electron chi connectivity index (χ1n) is 11.3. The molecule has 0 radical (unpaired) electrons. The average molecular weight is 422 g/mol. The van der Waals surface area contributed by atoms with Gasteiger partial charge in [-0.1, -0.05) is 12.1 Å². The molecule has 3 heterocycles. The van der Waals surface area contributed by atoms with Crippen molar-refractivity contribution in [1.82, 2.24) is 9.80 Å². The highest BCUT2D eigenvalue weighted by molar-refractivity contribution is 6.03. The summed E-state index contributed by atoms with van der Waals surface area (Å²) in [7, 11) is 3.72. The summed E-state index contributed by atoms with van der Waals surface area (Å²) in [5, 5.41) is 9.77. The molecule has 2 saturated heterocycles. The Balaban J connectivity index is 1.41. The van der Waals surface area contributed by atoms with E-state index >= 15 is 0 Å². The molecule has 0 spiro atoms. The number of hydrogen-bond donors (Lipinski definition) is 0. The lowest BCUT2D eigenvalue weighted by Gasteiger charge is -2.28. The molecular formula is C24H31N5O2. The highest BCUT2D eigenvalue weighted by Gasteiger charge is 2.33. The van der Waals surface area contributed by atoms with Crippen LogP contribution in [0.4, 0.5) is 11.4 Å². The molecule has 1 amide bonds. The molecular weight excluding hydrogens is 390 g/mol. The normalized spacial score (nSPS) is 20.9. The largest absolute Gasteiger partial charge is 0.338 e. The zero-order chi connectivity index (χ0) is 22.0. The first kappa shape index (κ1) is 21.4. The van der Waals surface area contributed by atoms with Gasteiger partial charge in [-0.25, -0.2) is 0 Å². The molecule has 2 fully saturated rings. The Kier molecular flexibility index (Phi) is 6.28. The van der Waals surface area contributed by atoms with Crippen LogP contribution in [0.15, 0.2) is 35.7 Å². The molecule has 7 heteroatoms. The lowest BCUT2D eigenvalue weighted by molar-refractivity contribution is -0.133. The maximum absolute atomic E-state index is 13.0. The number of carbonyl (C=O) groups excluding carboxylic acids is 2. The summed E-state index contributed by atoms with van der Waals surface area (Å²) in [5.74, 6) is 0.343. The third-order valence-corrected chi connectivity index (χ3v) is 6.79. The Morgan fingerprint density at radius 1 is 1.00 bits per heavy atom. The Labute approximate surface area is 184 Å². The predicted molar refractivity (Wildman–Crippen MR) is 121 cm³/mol. The van der Waals surface area contributed by atoms with E-state index < -0.39 is 0 Å². The van der Waals surface area contributed by atoms with Crippen molar-refractivity contribution in [2.45, 2.75) is 44.6 Å². The van der Waals surface area contributed by atoms with Crippen LogP contribution >= 0.6 is 0 Å². The van der Waals surface area contributed by atoms with Crippen LogP contribution in [0.2, 0.25) is 0 Å². The Hall–Kier alpha value is -2.85. The lowest BCUT2D eigenvalue weighted by atomic mass is 10.1. The Bertz CT molecular complexity index is 897. The van der Waals surface area contributed by atoms with Crippen molar-refractivity contribution in [3.63, 3.8) is 0 Å². The summed E-state index contributed by atoms with van der Waals surface area (Å²) in [6.45, 7) is 3.97. The number of allylic oxidation sites excluding steroid dienone is 1. The number of ketones is 1. The maximum Gasteiger partial charge on any atom is 0.223 e. The van der Waals surface area contributed by atoms with Gasteiger partial charge in [-0.3, -0.25) is 9.59 Å². The lowest BCUT2D eigenvalue weighted by Crippen LogP contribution is -2.42. The molecule has 0 bridgehead atoms. The number of amides is 1. The molecule has 1 unspecified atom stereocenters. The van der Waals surface area contributed by atoms with Gasteiger partial charge in [0.05, 0.1) is 11.4 Å². The quantitative estimate of drug-likeness (QED) is 0.520. The van der Waals surface area contributed by atoms with E-state index in [1.807, 2.05) is 53.1 Å². The summed E-state index contributed by atoms with van der Waals surface area (Å²) in [4.78, 5) is 34.0. The second kappa shape index (κ2) is 9.11. The van der Waals surface area contributed by atoms with Gasteiger partial charge >= 0.3 is 0 Å². The number of carbonyl (C=O) groups is 2. The van der Waals surface area contributed by atoms with E-state index in [4.69, 9.17) is 0 Å². The number of para-hydroxylation sites is 2. The van der Waals surface area contributed by atoms with Gasteiger partial charge < -0.3 is 19.6 Å². The molecule has 3 aliphatic heterocycles. The second-order valence-corrected chi connectivity index (χ2v) is 8.73. The highest BCUT2D eigenvalue weighted by Crippen LogP contribution is 2.40. The van der Waals surface area contributed by atoms with Crippen molar-refractivity contribution in [3.05, 3.63) is 35.7 Å². The van der Waals surface area contributed by atoms with Gasteiger partial charge in [0, 0.05) is 46.1 Å². The number of Topliss-reactive ketones (excluding diaryl/α,β-unsaturated/α-hetero) is 1. The van der Waals surface area contributed by atoms with E-state index in [-0.39, 0.29) is 36.1 Å². The molecule has 31 heavy (non-hydrogen) atoms. The SMILES string of the molecule is CN1C(=C(C#N)C(=O)CCC(=O)N2CCCC2CN2CCCC2)N(C)c2ccccc21. The first-order chi connectivity index (χ1) is 15.0. The van der Waals surface area contributed by atoms with E-state index in [1.54, 1.807) is 0 Å². The van der Waals surface area contributed by atoms with Crippen LogP contribution < -0.4 is 9.80 Å². The van der Waals surface area contributed by atoms with Gasteiger partial charge in [-0.2, -0.15) is 5.26 Å². The molecule has 1 atom stereocenters. The molecule has 1 aromatic rings. The number of nitrogens with zero attached hydrogens (tertiary/aromatic N) is 5. The molecule has 0 aromatic heterocycles. The predicted octanol–water partition coefficient (Wildman–Crippen LogP) is 2.74. The van der Waals surface area contributed by atoms with Gasteiger partial charge in [-0.15, -0.1) is 0 Å². The number of rotatable bonds is 6. The average Bonchev–Trinajstić information content (AvgIpc) is 3.51.